The lowest BCUT2D eigenvalue weighted by Crippen LogP contribution is -2.12. The van der Waals surface area contributed by atoms with Crippen LogP contribution in [0, 0.1) is 11.8 Å². The Morgan fingerprint density at radius 2 is 1.90 bits per heavy atom. The number of nitrogens with two attached hydrogens (primary N) is 1. The van der Waals surface area contributed by atoms with E-state index in [0.717, 1.165) is 0 Å². The Morgan fingerprint density at radius 1 is 1.14 bits per heavy atom. The topological polar surface area (TPSA) is 72.2 Å². The first kappa shape index (κ1) is 15.4. The number of benzene rings is 2. The summed E-state index contributed by atoms with van der Waals surface area (Å²) in [6, 6.07) is 12.9. The molecule has 0 aromatic heterocycles. The molecule has 3 N–H and O–H groups in total. The predicted molar refractivity (Wildman–Crippen MR) is 84.6 cm³/mol. The van der Waals surface area contributed by atoms with Crippen molar-refractivity contribution in [3.8, 4) is 11.8 Å². The molecule has 0 unspecified atom stereocenters. The van der Waals surface area contributed by atoms with E-state index in [1.165, 1.54) is 12.1 Å². The van der Waals surface area contributed by atoms with Crippen molar-refractivity contribution in [2.24, 2.45) is 5.73 Å². The average Bonchev–Trinajstić information content (AvgIpc) is 2.45. The van der Waals surface area contributed by atoms with E-state index in [-0.39, 0.29) is 11.4 Å². The molecule has 2 rings (SSSR count). The predicted octanol–water partition coefficient (Wildman–Crippen LogP) is 2.45. The quantitative estimate of drug-likeness (QED) is 0.853. The van der Waals surface area contributed by atoms with Crippen LogP contribution in [0.2, 0.25) is 5.02 Å². The Balaban J connectivity index is 2.29. The number of nitrogens with one attached hydrogen (secondary N) is 1. The van der Waals surface area contributed by atoms with Gasteiger partial charge in [0.15, 0.2) is 0 Å². The number of sulfonamides is 1. The standard InChI is InChI=1S/C15H13ClN2O2S/c16-13-6-2-8-15(11-13)21(19,20)18-14-7-1-4-12(10-14)5-3-9-17/h1-2,4,6-8,10-11,18H,9,17H2. The molecule has 0 radical (unpaired) electrons. The second kappa shape index (κ2) is 6.64. The van der Waals surface area contributed by atoms with Gasteiger partial charge in [-0.15, -0.1) is 0 Å². The van der Waals surface area contributed by atoms with Gasteiger partial charge in [-0.05, 0) is 36.4 Å². The zero-order valence-electron chi connectivity index (χ0n) is 11.0. The van der Waals surface area contributed by atoms with Crippen molar-refractivity contribution in [3.05, 3.63) is 59.1 Å². The van der Waals surface area contributed by atoms with Crippen molar-refractivity contribution < 1.29 is 8.42 Å². The van der Waals surface area contributed by atoms with Crippen molar-refractivity contribution in [2.75, 3.05) is 11.3 Å². The summed E-state index contributed by atoms with van der Waals surface area (Å²) in [6.45, 7) is 0.248. The fourth-order valence-electron chi connectivity index (χ4n) is 1.66. The fraction of sp³-hybridized carbons (Fsp3) is 0.0667. The van der Waals surface area contributed by atoms with Gasteiger partial charge in [-0.25, -0.2) is 8.42 Å². The van der Waals surface area contributed by atoms with E-state index >= 15 is 0 Å². The van der Waals surface area contributed by atoms with Gasteiger partial charge in [0, 0.05) is 10.6 Å². The Kier molecular flexibility index (Phi) is 4.86. The second-order valence-corrected chi connectivity index (χ2v) is 6.27. The van der Waals surface area contributed by atoms with Gasteiger partial charge in [-0.3, -0.25) is 4.72 Å². The highest BCUT2D eigenvalue weighted by atomic mass is 35.5. The highest BCUT2D eigenvalue weighted by Crippen LogP contribution is 2.19. The molecule has 0 amide bonds. The molecule has 0 atom stereocenters. The molecular weight excluding hydrogens is 308 g/mol. The molecule has 4 nitrogen and oxygen atoms in total. The van der Waals surface area contributed by atoms with Crippen LogP contribution in [0.25, 0.3) is 0 Å². The van der Waals surface area contributed by atoms with Gasteiger partial charge in [-0.1, -0.05) is 35.6 Å². The number of rotatable bonds is 3. The molecule has 2 aromatic carbocycles. The van der Waals surface area contributed by atoms with Crippen LogP contribution in [0.5, 0.6) is 0 Å². The number of hydrogen-bond donors (Lipinski definition) is 2. The van der Waals surface area contributed by atoms with Crippen molar-refractivity contribution in [1.29, 1.82) is 0 Å². The van der Waals surface area contributed by atoms with Crippen LogP contribution in [0.4, 0.5) is 5.69 Å². The molecule has 0 saturated heterocycles. The van der Waals surface area contributed by atoms with Gasteiger partial charge in [0.25, 0.3) is 10.0 Å². The Labute approximate surface area is 129 Å². The van der Waals surface area contributed by atoms with Crippen LogP contribution < -0.4 is 10.5 Å². The number of anilines is 1. The molecule has 21 heavy (non-hydrogen) atoms. The molecule has 0 bridgehead atoms. The molecule has 0 saturated carbocycles. The summed E-state index contributed by atoms with van der Waals surface area (Å²) >= 11 is 5.81. The van der Waals surface area contributed by atoms with Gasteiger partial charge in [0.2, 0.25) is 0 Å². The van der Waals surface area contributed by atoms with Crippen LogP contribution in [-0.2, 0) is 10.0 Å². The van der Waals surface area contributed by atoms with E-state index < -0.39 is 10.0 Å². The van der Waals surface area contributed by atoms with Crippen LogP contribution >= 0.6 is 11.6 Å². The Morgan fingerprint density at radius 3 is 2.62 bits per heavy atom. The summed E-state index contributed by atoms with van der Waals surface area (Å²) in [6.07, 6.45) is 0. The summed E-state index contributed by atoms with van der Waals surface area (Å²) in [7, 11) is -3.68. The molecule has 0 aliphatic rings. The average molecular weight is 321 g/mol. The van der Waals surface area contributed by atoms with Crippen molar-refractivity contribution in [2.45, 2.75) is 4.90 Å². The van der Waals surface area contributed by atoms with Gasteiger partial charge < -0.3 is 5.73 Å². The SMILES string of the molecule is NCC#Cc1cccc(NS(=O)(=O)c2cccc(Cl)c2)c1. The monoisotopic (exact) mass is 320 g/mol. The molecule has 108 valence electrons. The third-order valence-electron chi connectivity index (χ3n) is 2.56. The minimum absolute atomic E-state index is 0.105. The molecule has 0 heterocycles. The van der Waals surface area contributed by atoms with Crippen molar-refractivity contribution in [3.63, 3.8) is 0 Å². The number of hydrogen-bond acceptors (Lipinski definition) is 3. The van der Waals surface area contributed by atoms with E-state index in [4.69, 9.17) is 17.3 Å². The molecule has 0 aliphatic heterocycles. The smallest absolute Gasteiger partial charge is 0.261 e. The summed E-state index contributed by atoms with van der Waals surface area (Å²) in [5.74, 6) is 5.57. The van der Waals surface area contributed by atoms with Gasteiger partial charge in [-0.2, -0.15) is 0 Å². The summed E-state index contributed by atoms with van der Waals surface area (Å²) < 4.78 is 27.0. The van der Waals surface area contributed by atoms with Gasteiger partial charge in [0.1, 0.15) is 0 Å². The van der Waals surface area contributed by atoms with Crippen molar-refractivity contribution in [1.82, 2.24) is 0 Å². The first-order valence-corrected chi connectivity index (χ1v) is 7.95. The van der Waals surface area contributed by atoms with E-state index in [1.807, 2.05) is 0 Å². The second-order valence-electron chi connectivity index (χ2n) is 4.15. The normalized spacial score (nSPS) is 10.6. The van der Waals surface area contributed by atoms with Crippen LogP contribution in [-0.4, -0.2) is 15.0 Å². The maximum absolute atomic E-state index is 12.3. The third kappa shape index (κ3) is 4.23. The highest BCUT2D eigenvalue weighted by molar-refractivity contribution is 7.92. The van der Waals surface area contributed by atoms with Crippen LogP contribution in [0.15, 0.2) is 53.4 Å². The van der Waals surface area contributed by atoms with Gasteiger partial charge in [0.05, 0.1) is 17.1 Å². The largest absolute Gasteiger partial charge is 0.320 e. The first-order chi connectivity index (χ1) is 10.0. The molecule has 0 spiro atoms. The Hall–Kier alpha value is -2.00. The maximum atomic E-state index is 12.3. The third-order valence-corrected chi connectivity index (χ3v) is 4.17. The minimum atomic E-state index is -3.68. The Bertz CT molecular complexity index is 808. The zero-order chi connectivity index (χ0) is 15.3. The molecule has 2 aromatic rings. The summed E-state index contributed by atoms with van der Waals surface area (Å²) in [5.41, 5.74) is 6.42. The van der Waals surface area contributed by atoms with E-state index in [2.05, 4.69) is 16.6 Å². The fourth-order valence-corrected chi connectivity index (χ4v) is 3.01. The van der Waals surface area contributed by atoms with E-state index in [0.29, 0.717) is 16.3 Å². The summed E-state index contributed by atoms with van der Waals surface area (Å²) in [4.78, 5) is 0.105. The maximum Gasteiger partial charge on any atom is 0.261 e. The molecule has 0 aliphatic carbocycles. The molecule has 6 heteroatoms. The van der Waals surface area contributed by atoms with Gasteiger partial charge >= 0.3 is 0 Å². The first-order valence-electron chi connectivity index (χ1n) is 6.09. The van der Waals surface area contributed by atoms with Crippen LogP contribution in [0.3, 0.4) is 0 Å². The lowest BCUT2D eigenvalue weighted by molar-refractivity contribution is 0.601. The van der Waals surface area contributed by atoms with Crippen LogP contribution in [0.1, 0.15) is 5.56 Å². The lowest BCUT2D eigenvalue weighted by atomic mass is 10.2. The number of halogens is 1. The van der Waals surface area contributed by atoms with E-state index in [9.17, 15) is 8.42 Å². The lowest BCUT2D eigenvalue weighted by Gasteiger charge is -2.08. The minimum Gasteiger partial charge on any atom is -0.320 e. The molecular formula is C15H13ClN2O2S. The highest BCUT2D eigenvalue weighted by Gasteiger charge is 2.14. The van der Waals surface area contributed by atoms with E-state index in [1.54, 1.807) is 36.4 Å². The summed E-state index contributed by atoms with van der Waals surface area (Å²) in [5, 5.41) is 0.362. The zero-order valence-corrected chi connectivity index (χ0v) is 12.6. The van der Waals surface area contributed by atoms with Crippen molar-refractivity contribution >= 4 is 27.3 Å². The molecule has 0 fully saturated rings.